The fraction of sp³-hybridized carbons (Fsp3) is 0.368. The molecule has 1 aliphatic carbocycles. The second kappa shape index (κ2) is 8.06. The second-order valence-electron chi connectivity index (χ2n) is 6.62. The Morgan fingerprint density at radius 3 is 2.37 bits per heavy atom. The normalized spacial score (nSPS) is 17.0. The summed E-state index contributed by atoms with van der Waals surface area (Å²) >= 11 is 0. The van der Waals surface area contributed by atoms with E-state index < -0.39 is 14.8 Å². The quantitative estimate of drug-likeness (QED) is 0.543. The van der Waals surface area contributed by atoms with E-state index in [2.05, 4.69) is 9.08 Å². The first-order valence-electron chi connectivity index (χ1n) is 8.80. The van der Waals surface area contributed by atoms with Crippen molar-refractivity contribution >= 4 is 15.6 Å². The van der Waals surface area contributed by atoms with E-state index in [1.165, 1.54) is 24.3 Å². The van der Waals surface area contributed by atoms with Crippen molar-refractivity contribution in [3.8, 4) is 5.75 Å². The molecule has 1 aliphatic rings. The highest BCUT2D eigenvalue weighted by molar-refractivity contribution is 7.91. The molecule has 7 nitrogen and oxygen atoms in total. The fourth-order valence-electron chi connectivity index (χ4n) is 2.65. The van der Waals surface area contributed by atoms with Crippen LogP contribution in [0, 0.1) is 16.0 Å². The highest BCUT2D eigenvalue weighted by atomic mass is 32.2. The Labute approximate surface area is 159 Å². The summed E-state index contributed by atoms with van der Waals surface area (Å²) in [6, 6.07) is 12.9. The molecule has 2 atom stereocenters. The number of nitrogens with one attached hydrogen (secondary N) is 1. The molecule has 0 spiro atoms. The average molecular weight is 389 g/mol. The molecule has 2 aromatic rings. The minimum absolute atomic E-state index is 0.0362. The van der Waals surface area contributed by atoms with Crippen molar-refractivity contribution in [1.82, 2.24) is 4.72 Å². The van der Waals surface area contributed by atoms with Crippen LogP contribution in [-0.2, 0) is 9.92 Å². The van der Waals surface area contributed by atoms with E-state index in [4.69, 9.17) is 4.74 Å². The SMILES string of the molecule is COc1ccc([C@@H](C)N=S(=O)(NCC2CC2)c2ccc([N+](=O)[O-])cc2)cc1. The zero-order valence-corrected chi connectivity index (χ0v) is 16.1. The summed E-state index contributed by atoms with van der Waals surface area (Å²) in [7, 11) is -1.30. The molecule has 1 unspecified atom stereocenters. The van der Waals surface area contributed by atoms with Crippen LogP contribution >= 0.6 is 0 Å². The first-order chi connectivity index (χ1) is 12.9. The third-order valence-corrected chi connectivity index (χ3v) is 6.62. The van der Waals surface area contributed by atoms with Crippen LogP contribution in [-0.4, -0.2) is 22.8 Å². The standard InChI is InChI=1S/C19H23N3O4S/c1-14(16-5-9-18(26-2)10-6-16)21-27(25,20-13-15-3-4-15)19-11-7-17(8-12-19)22(23)24/h5-12,14-15H,3-4,13H2,1-2H3,(H,20,21,25)/t14-,27?/m1/s1. The van der Waals surface area contributed by atoms with Crippen molar-refractivity contribution in [2.24, 2.45) is 10.3 Å². The van der Waals surface area contributed by atoms with E-state index >= 15 is 0 Å². The molecule has 0 aliphatic heterocycles. The summed E-state index contributed by atoms with van der Waals surface area (Å²) in [6.07, 6.45) is 2.24. The maximum atomic E-state index is 13.6. The van der Waals surface area contributed by atoms with Gasteiger partial charge in [-0.2, -0.15) is 0 Å². The van der Waals surface area contributed by atoms with Gasteiger partial charge in [-0.15, -0.1) is 0 Å². The molecular formula is C19H23N3O4S. The number of benzene rings is 2. The first kappa shape index (κ1) is 19.3. The van der Waals surface area contributed by atoms with Gasteiger partial charge in [0.15, 0.2) is 0 Å². The molecule has 3 rings (SSSR count). The maximum Gasteiger partial charge on any atom is 0.269 e. The second-order valence-corrected chi connectivity index (χ2v) is 8.65. The minimum atomic E-state index is -2.91. The Morgan fingerprint density at radius 1 is 1.22 bits per heavy atom. The number of non-ortho nitro benzene ring substituents is 1. The average Bonchev–Trinajstić information content (AvgIpc) is 3.51. The van der Waals surface area contributed by atoms with Crippen LogP contribution in [0.3, 0.4) is 0 Å². The van der Waals surface area contributed by atoms with Gasteiger partial charge in [-0.25, -0.2) is 13.3 Å². The molecule has 2 aromatic carbocycles. The van der Waals surface area contributed by atoms with Gasteiger partial charge in [0.25, 0.3) is 5.69 Å². The summed E-state index contributed by atoms with van der Waals surface area (Å²) in [5.74, 6) is 1.27. The third-order valence-electron chi connectivity index (χ3n) is 4.54. The minimum Gasteiger partial charge on any atom is -0.497 e. The third kappa shape index (κ3) is 4.84. The number of hydrogen-bond acceptors (Lipinski definition) is 5. The van der Waals surface area contributed by atoms with Crippen LogP contribution in [0.2, 0.25) is 0 Å². The summed E-state index contributed by atoms with van der Waals surface area (Å²) < 4.78 is 26.5. The van der Waals surface area contributed by atoms with Crippen molar-refractivity contribution in [2.45, 2.75) is 30.7 Å². The number of nitrogens with zero attached hydrogens (tertiary/aromatic N) is 2. The molecule has 144 valence electrons. The fourth-order valence-corrected chi connectivity index (χ4v) is 4.55. The summed E-state index contributed by atoms with van der Waals surface area (Å²) in [5, 5.41) is 10.9. The van der Waals surface area contributed by atoms with Crippen LogP contribution in [0.5, 0.6) is 5.75 Å². The molecule has 1 N–H and O–H groups in total. The molecule has 27 heavy (non-hydrogen) atoms. The highest BCUT2D eigenvalue weighted by Crippen LogP contribution is 2.29. The Morgan fingerprint density at radius 2 is 1.85 bits per heavy atom. The summed E-state index contributed by atoms with van der Waals surface area (Å²) in [6.45, 7) is 2.50. The Hall–Kier alpha value is -2.45. The van der Waals surface area contributed by atoms with Crippen LogP contribution in [0.25, 0.3) is 0 Å². The number of methoxy groups -OCH3 is 1. The number of rotatable bonds is 8. The van der Waals surface area contributed by atoms with Gasteiger partial charge in [-0.05, 0) is 55.5 Å². The Kier molecular flexibility index (Phi) is 5.76. The van der Waals surface area contributed by atoms with Crippen LogP contribution in [0.4, 0.5) is 5.69 Å². The molecule has 0 aromatic heterocycles. The van der Waals surface area contributed by atoms with E-state index in [1.54, 1.807) is 7.11 Å². The van der Waals surface area contributed by atoms with Crippen LogP contribution in [0.15, 0.2) is 57.8 Å². The van der Waals surface area contributed by atoms with Crippen molar-refractivity contribution in [2.75, 3.05) is 13.7 Å². The van der Waals surface area contributed by atoms with Crippen LogP contribution < -0.4 is 9.46 Å². The first-order valence-corrected chi connectivity index (χ1v) is 10.3. The predicted octanol–water partition coefficient (Wildman–Crippen LogP) is 4.11. The molecular weight excluding hydrogens is 366 g/mol. The van der Waals surface area contributed by atoms with Crippen molar-refractivity contribution in [3.63, 3.8) is 0 Å². The number of ether oxygens (including phenoxy) is 1. The largest absolute Gasteiger partial charge is 0.497 e. The van der Waals surface area contributed by atoms with Gasteiger partial charge < -0.3 is 4.74 Å². The zero-order chi connectivity index (χ0) is 19.4. The van der Waals surface area contributed by atoms with Crippen molar-refractivity contribution < 1.29 is 13.9 Å². The van der Waals surface area contributed by atoms with Crippen molar-refractivity contribution in [1.29, 1.82) is 0 Å². The molecule has 0 radical (unpaired) electrons. The van der Waals surface area contributed by atoms with E-state index in [1.807, 2.05) is 31.2 Å². The zero-order valence-electron chi connectivity index (χ0n) is 15.3. The van der Waals surface area contributed by atoms with Crippen molar-refractivity contribution in [3.05, 3.63) is 64.2 Å². The lowest BCUT2D eigenvalue weighted by Crippen LogP contribution is -2.26. The number of nitro groups is 1. The number of nitro benzene ring substituents is 1. The van der Waals surface area contributed by atoms with Gasteiger partial charge in [0.2, 0.25) is 0 Å². The number of hydrogen-bond donors (Lipinski definition) is 1. The Bertz CT molecular complexity index is 915. The molecule has 8 heteroatoms. The Balaban J connectivity index is 1.93. The molecule has 0 amide bonds. The lowest BCUT2D eigenvalue weighted by atomic mass is 10.1. The van der Waals surface area contributed by atoms with Gasteiger partial charge >= 0.3 is 0 Å². The van der Waals surface area contributed by atoms with Gasteiger partial charge in [0.05, 0.1) is 23.0 Å². The lowest BCUT2D eigenvalue weighted by Gasteiger charge is -2.16. The van der Waals surface area contributed by atoms with E-state index in [0.717, 1.165) is 24.2 Å². The lowest BCUT2D eigenvalue weighted by molar-refractivity contribution is -0.384. The van der Waals surface area contributed by atoms with Crippen LogP contribution in [0.1, 0.15) is 31.4 Å². The monoisotopic (exact) mass is 389 g/mol. The predicted molar refractivity (Wildman–Crippen MR) is 104 cm³/mol. The van der Waals surface area contributed by atoms with Gasteiger partial charge in [-0.3, -0.25) is 10.1 Å². The molecule has 0 bridgehead atoms. The van der Waals surface area contributed by atoms with E-state index in [0.29, 0.717) is 17.4 Å². The van der Waals surface area contributed by atoms with Gasteiger partial charge in [-0.1, -0.05) is 12.1 Å². The van der Waals surface area contributed by atoms with Gasteiger partial charge in [0.1, 0.15) is 15.7 Å². The molecule has 1 fully saturated rings. The highest BCUT2D eigenvalue weighted by Gasteiger charge is 2.24. The topological polar surface area (TPSA) is 93.8 Å². The molecule has 0 heterocycles. The molecule has 0 saturated heterocycles. The van der Waals surface area contributed by atoms with Gasteiger partial charge in [0, 0.05) is 18.7 Å². The maximum absolute atomic E-state index is 13.6. The van der Waals surface area contributed by atoms with E-state index in [9.17, 15) is 14.3 Å². The smallest absolute Gasteiger partial charge is 0.269 e. The van der Waals surface area contributed by atoms with E-state index in [-0.39, 0.29) is 11.7 Å². The molecule has 1 saturated carbocycles. The summed E-state index contributed by atoms with van der Waals surface area (Å²) in [4.78, 5) is 10.9. The summed E-state index contributed by atoms with van der Waals surface area (Å²) in [5.41, 5.74) is 0.879.